The van der Waals surface area contributed by atoms with Crippen molar-refractivity contribution in [3.63, 3.8) is 0 Å². The number of allylic oxidation sites excluding steroid dienone is 1. The number of benzene rings is 1. The van der Waals surface area contributed by atoms with E-state index in [-0.39, 0.29) is 22.7 Å². The number of hydrogen-bond acceptors (Lipinski definition) is 2. The van der Waals surface area contributed by atoms with Crippen LogP contribution in [0.1, 0.15) is 49.2 Å². The third kappa shape index (κ3) is 5.78. The Kier molecular flexibility index (Phi) is 5.36. The molecule has 0 aliphatic rings. The molecule has 5 heteroatoms. The number of nitrogens with one attached hydrogen (secondary N) is 1. The van der Waals surface area contributed by atoms with Crippen molar-refractivity contribution in [2.24, 2.45) is 5.41 Å². The molecule has 1 aromatic carbocycles. The van der Waals surface area contributed by atoms with Crippen LogP contribution in [0.3, 0.4) is 0 Å². The van der Waals surface area contributed by atoms with Gasteiger partial charge in [0.15, 0.2) is 0 Å². The number of rotatable bonds is 4. The smallest absolute Gasteiger partial charge is 0.272 e. The Morgan fingerprint density at radius 2 is 1.68 bits per heavy atom. The van der Waals surface area contributed by atoms with Crippen molar-refractivity contribution in [2.45, 2.75) is 33.6 Å². The molecule has 0 fully saturated rings. The zero-order valence-electron chi connectivity index (χ0n) is 14.8. The lowest BCUT2D eigenvalue weighted by molar-refractivity contribution is 0.0171. The SMILES string of the molecule is CC(C)(C)/C=C/c1ccc(C(=O)Nc2ccc(C(C)(F)F)cn2)cc1. The van der Waals surface area contributed by atoms with Crippen molar-refractivity contribution in [3.8, 4) is 0 Å². The molecule has 2 aromatic rings. The molecule has 0 unspecified atom stereocenters. The van der Waals surface area contributed by atoms with Crippen LogP contribution in [0, 0.1) is 5.41 Å². The predicted molar refractivity (Wildman–Crippen MR) is 96.7 cm³/mol. The molecule has 1 heterocycles. The van der Waals surface area contributed by atoms with Gasteiger partial charge < -0.3 is 5.32 Å². The summed E-state index contributed by atoms with van der Waals surface area (Å²) in [6.45, 7) is 7.13. The van der Waals surface area contributed by atoms with Gasteiger partial charge in [0.25, 0.3) is 11.8 Å². The number of nitrogens with zero attached hydrogens (tertiary/aromatic N) is 1. The number of carbonyl (C=O) groups is 1. The van der Waals surface area contributed by atoms with Gasteiger partial charge in [-0.15, -0.1) is 0 Å². The average molecular weight is 344 g/mol. The number of pyridine rings is 1. The summed E-state index contributed by atoms with van der Waals surface area (Å²) < 4.78 is 26.3. The van der Waals surface area contributed by atoms with E-state index in [2.05, 4.69) is 37.1 Å². The maximum Gasteiger partial charge on any atom is 0.272 e. The van der Waals surface area contributed by atoms with Gasteiger partial charge in [0, 0.05) is 24.2 Å². The van der Waals surface area contributed by atoms with Gasteiger partial charge in [-0.3, -0.25) is 4.79 Å². The molecule has 1 amide bonds. The largest absolute Gasteiger partial charge is 0.307 e. The lowest BCUT2D eigenvalue weighted by Crippen LogP contribution is -2.14. The van der Waals surface area contributed by atoms with Crippen molar-refractivity contribution in [3.05, 3.63) is 65.4 Å². The van der Waals surface area contributed by atoms with Gasteiger partial charge in [0.2, 0.25) is 0 Å². The quantitative estimate of drug-likeness (QED) is 0.795. The van der Waals surface area contributed by atoms with Crippen LogP contribution in [-0.4, -0.2) is 10.9 Å². The summed E-state index contributed by atoms with van der Waals surface area (Å²) in [6, 6.07) is 9.75. The van der Waals surface area contributed by atoms with E-state index in [1.165, 1.54) is 12.1 Å². The van der Waals surface area contributed by atoms with Gasteiger partial charge in [-0.25, -0.2) is 13.8 Å². The van der Waals surface area contributed by atoms with Crippen molar-refractivity contribution in [1.29, 1.82) is 0 Å². The standard InChI is InChI=1S/C20H22F2N2O/c1-19(2,3)12-11-14-5-7-15(8-6-14)18(25)24-17-10-9-16(13-23-17)20(4,21)22/h5-13H,1-4H3,(H,23,24,25)/b12-11+. The van der Waals surface area contributed by atoms with E-state index in [0.29, 0.717) is 5.56 Å². The monoisotopic (exact) mass is 344 g/mol. The number of aromatic nitrogens is 1. The first-order valence-corrected chi connectivity index (χ1v) is 8.00. The first-order chi connectivity index (χ1) is 11.5. The molecule has 2 rings (SSSR count). The van der Waals surface area contributed by atoms with Gasteiger partial charge in [0.05, 0.1) is 0 Å². The third-order valence-electron chi connectivity index (χ3n) is 3.46. The molecule has 1 aromatic heterocycles. The number of carbonyl (C=O) groups excluding carboxylic acids is 1. The van der Waals surface area contributed by atoms with Gasteiger partial charge in [-0.1, -0.05) is 45.1 Å². The van der Waals surface area contributed by atoms with Gasteiger partial charge >= 0.3 is 0 Å². The van der Waals surface area contributed by atoms with Crippen molar-refractivity contribution >= 4 is 17.8 Å². The average Bonchev–Trinajstić information content (AvgIpc) is 2.52. The Morgan fingerprint density at radius 1 is 1.04 bits per heavy atom. The molecule has 25 heavy (non-hydrogen) atoms. The molecule has 0 aliphatic carbocycles. The topological polar surface area (TPSA) is 42.0 Å². The number of anilines is 1. The number of amides is 1. The fourth-order valence-corrected chi connectivity index (χ4v) is 2.01. The molecule has 132 valence electrons. The highest BCUT2D eigenvalue weighted by atomic mass is 19.3. The molecule has 3 nitrogen and oxygen atoms in total. The number of halogens is 2. The first-order valence-electron chi connectivity index (χ1n) is 8.00. The zero-order valence-corrected chi connectivity index (χ0v) is 14.8. The van der Waals surface area contributed by atoms with Crippen LogP contribution in [0.2, 0.25) is 0 Å². The van der Waals surface area contributed by atoms with Crippen molar-refractivity contribution < 1.29 is 13.6 Å². The molecule has 0 spiro atoms. The molecule has 0 radical (unpaired) electrons. The maximum atomic E-state index is 13.2. The van der Waals surface area contributed by atoms with Crippen LogP contribution in [-0.2, 0) is 5.92 Å². The second kappa shape index (κ2) is 7.13. The van der Waals surface area contributed by atoms with E-state index < -0.39 is 5.92 Å². The molecule has 0 saturated carbocycles. The van der Waals surface area contributed by atoms with E-state index in [1.54, 1.807) is 12.1 Å². The summed E-state index contributed by atoms with van der Waals surface area (Å²) in [7, 11) is 0. The van der Waals surface area contributed by atoms with E-state index >= 15 is 0 Å². The van der Waals surface area contributed by atoms with E-state index in [4.69, 9.17) is 0 Å². The summed E-state index contributed by atoms with van der Waals surface area (Å²) >= 11 is 0. The lowest BCUT2D eigenvalue weighted by Gasteiger charge is -2.11. The fraction of sp³-hybridized carbons (Fsp3) is 0.300. The lowest BCUT2D eigenvalue weighted by atomic mass is 9.95. The number of alkyl halides is 2. The van der Waals surface area contributed by atoms with E-state index in [9.17, 15) is 13.6 Å². The second-order valence-corrected chi connectivity index (χ2v) is 7.10. The van der Waals surface area contributed by atoms with Gasteiger partial charge in [0.1, 0.15) is 5.82 Å². The summed E-state index contributed by atoms with van der Waals surface area (Å²) in [6.07, 6.45) is 5.17. The highest BCUT2D eigenvalue weighted by Gasteiger charge is 2.24. The van der Waals surface area contributed by atoms with E-state index in [1.807, 2.05) is 18.2 Å². The van der Waals surface area contributed by atoms with E-state index in [0.717, 1.165) is 18.7 Å². The summed E-state index contributed by atoms with van der Waals surface area (Å²) in [5.74, 6) is -3.06. The Morgan fingerprint density at radius 3 is 2.16 bits per heavy atom. The third-order valence-corrected chi connectivity index (χ3v) is 3.46. The van der Waals surface area contributed by atoms with Crippen LogP contribution in [0.5, 0.6) is 0 Å². The highest BCUT2D eigenvalue weighted by Crippen LogP contribution is 2.26. The minimum absolute atomic E-state index is 0.0865. The second-order valence-electron chi connectivity index (χ2n) is 7.10. The molecule has 1 N–H and O–H groups in total. The Bertz CT molecular complexity index is 752. The Hall–Kier alpha value is -2.56. The van der Waals surface area contributed by atoms with Gasteiger partial charge in [-0.2, -0.15) is 0 Å². The molecule has 0 atom stereocenters. The van der Waals surface area contributed by atoms with Crippen LogP contribution in [0.4, 0.5) is 14.6 Å². The molecule has 0 saturated heterocycles. The normalized spacial score (nSPS) is 12.4. The molecular weight excluding hydrogens is 322 g/mol. The summed E-state index contributed by atoms with van der Waals surface area (Å²) in [4.78, 5) is 16.1. The maximum absolute atomic E-state index is 13.2. The van der Waals surface area contributed by atoms with Gasteiger partial charge in [-0.05, 0) is 35.2 Å². The van der Waals surface area contributed by atoms with Crippen LogP contribution in [0.25, 0.3) is 6.08 Å². The molecular formula is C20H22F2N2O. The van der Waals surface area contributed by atoms with Crippen LogP contribution in [0.15, 0.2) is 48.7 Å². The minimum Gasteiger partial charge on any atom is -0.307 e. The first kappa shape index (κ1) is 18.8. The van der Waals surface area contributed by atoms with Crippen LogP contribution < -0.4 is 5.32 Å². The Balaban J connectivity index is 2.05. The molecule has 0 bridgehead atoms. The predicted octanol–water partition coefficient (Wildman–Crippen LogP) is 5.50. The summed E-state index contributed by atoms with van der Waals surface area (Å²) in [5, 5.41) is 2.60. The van der Waals surface area contributed by atoms with Crippen molar-refractivity contribution in [2.75, 3.05) is 5.32 Å². The highest BCUT2D eigenvalue weighted by molar-refractivity contribution is 6.03. The fourth-order valence-electron chi connectivity index (χ4n) is 2.01. The van der Waals surface area contributed by atoms with Crippen LogP contribution >= 0.6 is 0 Å². The molecule has 0 aliphatic heterocycles. The zero-order chi connectivity index (χ0) is 18.7. The minimum atomic E-state index is -2.95. The summed E-state index contributed by atoms with van der Waals surface area (Å²) in [5.41, 5.74) is 1.36. The van der Waals surface area contributed by atoms with Crippen molar-refractivity contribution in [1.82, 2.24) is 4.98 Å². The Labute approximate surface area is 146 Å². The number of hydrogen-bond donors (Lipinski definition) is 1.